The number of H-pyrrole nitrogens is 1. The molecule has 1 N–H and O–H groups in total. The Morgan fingerprint density at radius 1 is 1.53 bits per heavy atom. The fourth-order valence-electron chi connectivity index (χ4n) is 2.87. The van der Waals surface area contributed by atoms with E-state index in [1.165, 1.54) is 31.2 Å². The zero-order chi connectivity index (χ0) is 13.4. The molecule has 3 rings (SSSR count). The summed E-state index contributed by atoms with van der Waals surface area (Å²) in [6.45, 7) is 1.99. The second-order valence-corrected chi connectivity index (χ2v) is 6.56. The van der Waals surface area contributed by atoms with Crippen LogP contribution in [0.3, 0.4) is 0 Å². The molecule has 0 amide bonds. The van der Waals surface area contributed by atoms with Gasteiger partial charge >= 0.3 is 0 Å². The molecule has 1 aliphatic rings. The summed E-state index contributed by atoms with van der Waals surface area (Å²) in [4.78, 5) is 20.5. The van der Waals surface area contributed by atoms with Crippen LogP contribution in [0.5, 0.6) is 0 Å². The van der Waals surface area contributed by atoms with E-state index in [2.05, 4.69) is 15.3 Å². The minimum absolute atomic E-state index is 0.0257. The number of hydrogen-bond acceptors (Lipinski definition) is 3. The Morgan fingerprint density at radius 2 is 2.26 bits per heavy atom. The molecule has 3 nitrogen and oxygen atoms in total. The average molecular weight is 297 g/mol. The topological polar surface area (TPSA) is 45.8 Å². The van der Waals surface area contributed by atoms with Crippen molar-refractivity contribution >= 4 is 33.2 Å². The number of thiophene rings is 1. The van der Waals surface area contributed by atoms with Crippen LogP contribution in [0.2, 0.25) is 0 Å². The Labute approximate surface area is 121 Å². The third kappa shape index (κ3) is 2.32. The van der Waals surface area contributed by atoms with E-state index in [-0.39, 0.29) is 10.9 Å². The van der Waals surface area contributed by atoms with Gasteiger partial charge < -0.3 is 4.98 Å². The first kappa shape index (κ1) is 13.1. The summed E-state index contributed by atoms with van der Waals surface area (Å²) in [5.41, 5.74) is 1.17. The number of alkyl halides is 1. The molecule has 1 saturated carbocycles. The summed E-state index contributed by atoms with van der Waals surface area (Å²) in [6, 6.07) is 0. The van der Waals surface area contributed by atoms with E-state index in [1.54, 1.807) is 11.3 Å². The van der Waals surface area contributed by atoms with Crippen molar-refractivity contribution < 1.29 is 0 Å². The fraction of sp³-hybridized carbons (Fsp3) is 0.571. The SMILES string of the molecule is CCC(Cl)c1nc2scc(C3CCCC3)c2c(=O)[nH]1. The Hall–Kier alpha value is -0.870. The Balaban J connectivity index is 2.11. The lowest BCUT2D eigenvalue weighted by Crippen LogP contribution is -2.13. The normalized spacial score (nSPS) is 18.2. The van der Waals surface area contributed by atoms with Crippen LogP contribution in [0, 0.1) is 0 Å². The number of aromatic amines is 1. The molecule has 2 aromatic heterocycles. The van der Waals surface area contributed by atoms with Crippen molar-refractivity contribution in [2.75, 3.05) is 0 Å². The van der Waals surface area contributed by atoms with Crippen LogP contribution in [0.1, 0.15) is 61.7 Å². The van der Waals surface area contributed by atoms with Crippen molar-refractivity contribution in [2.45, 2.75) is 50.3 Å². The Bertz CT molecular complexity index is 642. The first-order valence-electron chi connectivity index (χ1n) is 6.86. The van der Waals surface area contributed by atoms with Gasteiger partial charge in [0, 0.05) is 0 Å². The van der Waals surface area contributed by atoms with E-state index in [9.17, 15) is 4.79 Å². The minimum atomic E-state index is -0.214. The lowest BCUT2D eigenvalue weighted by Gasteiger charge is -2.08. The molecular formula is C14H17ClN2OS. The summed E-state index contributed by atoms with van der Waals surface area (Å²) in [6.07, 6.45) is 5.69. The largest absolute Gasteiger partial charge is 0.309 e. The molecule has 0 radical (unpaired) electrons. The van der Waals surface area contributed by atoms with Crippen LogP contribution in [0.4, 0.5) is 0 Å². The summed E-state index contributed by atoms with van der Waals surface area (Å²) in [5.74, 6) is 1.14. The second-order valence-electron chi connectivity index (χ2n) is 5.18. The summed E-state index contributed by atoms with van der Waals surface area (Å²) < 4.78 is 0. The van der Waals surface area contributed by atoms with E-state index in [0.29, 0.717) is 11.7 Å². The second kappa shape index (κ2) is 5.25. The molecule has 0 aromatic carbocycles. The fourth-order valence-corrected chi connectivity index (χ4v) is 4.00. The number of halogens is 1. The smallest absolute Gasteiger partial charge is 0.259 e. The maximum absolute atomic E-state index is 12.3. The highest BCUT2D eigenvalue weighted by atomic mass is 35.5. The van der Waals surface area contributed by atoms with E-state index in [1.807, 2.05) is 6.92 Å². The predicted molar refractivity (Wildman–Crippen MR) is 80.3 cm³/mol. The van der Waals surface area contributed by atoms with Gasteiger partial charge in [0.15, 0.2) is 0 Å². The van der Waals surface area contributed by atoms with E-state index < -0.39 is 0 Å². The number of nitrogens with zero attached hydrogens (tertiary/aromatic N) is 1. The van der Waals surface area contributed by atoms with Gasteiger partial charge in [-0.3, -0.25) is 4.79 Å². The number of fused-ring (bicyclic) bond motifs is 1. The monoisotopic (exact) mass is 296 g/mol. The zero-order valence-electron chi connectivity index (χ0n) is 10.9. The molecule has 1 fully saturated rings. The third-order valence-corrected chi connectivity index (χ3v) is 5.35. The van der Waals surface area contributed by atoms with Gasteiger partial charge in [-0.25, -0.2) is 4.98 Å². The van der Waals surface area contributed by atoms with Crippen LogP contribution in [0.25, 0.3) is 10.2 Å². The molecule has 1 atom stereocenters. The maximum Gasteiger partial charge on any atom is 0.259 e. The van der Waals surface area contributed by atoms with Crippen molar-refractivity contribution in [3.05, 3.63) is 27.1 Å². The highest BCUT2D eigenvalue weighted by molar-refractivity contribution is 7.16. The van der Waals surface area contributed by atoms with Gasteiger partial charge in [-0.2, -0.15) is 0 Å². The molecule has 2 heterocycles. The van der Waals surface area contributed by atoms with Crippen molar-refractivity contribution in [3.8, 4) is 0 Å². The van der Waals surface area contributed by atoms with Gasteiger partial charge in [0.25, 0.3) is 5.56 Å². The van der Waals surface area contributed by atoms with Gasteiger partial charge in [-0.05, 0) is 36.1 Å². The number of nitrogens with one attached hydrogen (secondary N) is 1. The van der Waals surface area contributed by atoms with Crippen LogP contribution in [-0.2, 0) is 0 Å². The van der Waals surface area contributed by atoms with Crippen molar-refractivity contribution in [1.82, 2.24) is 9.97 Å². The molecule has 0 aliphatic heterocycles. The summed E-state index contributed by atoms with van der Waals surface area (Å²) >= 11 is 7.74. The number of hydrogen-bond donors (Lipinski definition) is 1. The Kier molecular flexibility index (Phi) is 3.63. The standard InChI is InChI=1S/C14H17ClN2OS/c1-2-10(15)12-16-13(18)11-9(7-19-14(11)17-12)8-5-3-4-6-8/h7-8,10H,2-6H2,1H3,(H,16,17,18). The van der Waals surface area contributed by atoms with Gasteiger partial charge in [-0.15, -0.1) is 22.9 Å². The number of rotatable bonds is 3. The molecule has 1 unspecified atom stereocenters. The maximum atomic E-state index is 12.3. The van der Waals surface area contributed by atoms with E-state index in [0.717, 1.165) is 16.6 Å². The predicted octanol–water partition coefficient (Wildman–Crippen LogP) is 4.33. The van der Waals surface area contributed by atoms with Crippen molar-refractivity contribution in [2.24, 2.45) is 0 Å². The molecule has 0 spiro atoms. The Morgan fingerprint density at radius 3 is 2.95 bits per heavy atom. The molecular weight excluding hydrogens is 280 g/mol. The summed E-state index contributed by atoms with van der Waals surface area (Å²) in [5, 5.41) is 2.69. The average Bonchev–Trinajstić information content (AvgIpc) is 3.05. The molecule has 19 heavy (non-hydrogen) atoms. The lowest BCUT2D eigenvalue weighted by molar-refractivity contribution is 0.730. The highest BCUT2D eigenvalue weighted by Gasteiger charge is 2.23. The minimum Gasteiger partial charge on any atom is -0.309 e. The van der Waals surface area contributed by atoms with Crippen LogP contribution < -0.4 is 5.56 Å². The molecule has 0 bridgehead atoms. The van der Waals surface area contributed by atoms with Crippen LogP contribution in [-0.4, -0.2) is 9.97 Å². The van der Waals surface area contributed by atoms with Crippen LogP contribution in [0.15, 0.2) is 10.2 Å². The van der Waals surface area contributed by atoms with Gasteiger partial charge in [0.2, 0.25) is 0 Å². The van der Waals surface area contributed by atoms with Gasteiger partial charge in [0.05, 0.1) is 10.8 Å². The molecule has 1 aliphatic carbocycles. The lowest BCUT2D eigenvalue weighted by atomic mass is 9.98. The third-order valence-electron chi connectivity index (χ3n) is 3.94. The summed E-state index contributed by atoms with van der Waals surface area (Å²) in [7, 11) is 0. The number of aromatic nitrogens is 2. The van der Waals surface area contributed by atoms with Crippen LogP contribution >= 0.6 is 22.9 Å². The van der Waals surface area contributed by atoms with E-state index in [4.69, 9.17) is 11.6 Å². The van der Waals surface area contributed by atoms with E-state index >= 15 is 0 Å². The zero-order valence-corrected chi connectivity index (χ0v) is 12.5. The molecule has 2 aromatic rings. The molecule has 0 saturated heterocycles. The van der Waals surface area contributed by atoms with Crippen molar-refractivity contribution in [3.63, 3.8) is 0 Å². The van der Waals surface area contributed by atoms with Gasteiger partial charge in [0.1, 0.15) is 10.7 Å². The van der Waals surface area contributed by atoms with Crippen molar-refractivity contribution in [1.29, 1.82) is 0 Å². The van der Waals surface area contributed by atoms with Gasteiger partial charge in [-0.1, -0.05) is 19.8 Å². The first-order valence-corrected chi connectivity index (χ1v) is 8.17. The molecule has 5 heteroatoms. The quantitative estimate of drug-likeness (QED) is 0.857. The highest BCUT2D eigenvalue weighted by Crippen LogP contribution is 2.38. The first-order chi connectivity index (χ1) is 9.20. The molecule has 102 valence electrons.